The number of anilines is 1. The lowest BCUT2D eigenvalue weighted by Crippen LogP contribution is -2.31. The van der Waals surface area contributed by atoms with Crippen molar-refractivity contribution < 1.29 is 28.7 Å². The van der Waals surface area contributed by atoms with Crippen LogP contribution in [-0.4, -0.2) is 47.5 Å². The molecule has 11 heteroatoms. The zero-order valence-electron chi connectivity index (χ0n) is 22.7. The number of rotatable bonds is 9. The molecule has 2 heterocycles. The summed E-state index contributed by atoms with van der Waals surface area (Å²) in [6.45, 7) is -0.495. The fraction of sp³-hybridized carbons (Fsp3) is 0.125. The normalized spacial score (nSPS) is 14.3. The van der Waals surface area contributed by atoms with Gasteiger partial charge < -0.3 is 9.47 Å². The lowest BCUT2D eigenvalue weighted by atomic mass is 10.1. The van der Waals surface area contributed by atoms with E-state index in [0.29, 0.717) is 16.5 Å². The number of methoxy groups -OCH3 is 1. The van der Waals surface area contributed by atoms with Crippen LogP contribution in [0, 0.1) is 11.3 Å². The lowest BCUT2D eigenvalue weighted by Gasteiger charge is -2.15. The van der Waals surface area contributed by atoms with Gasteiger partial charge in [-0.3, -0.25) is 14.4 Å². The maximum atomic E-state index is 13.3. The monoisotopic (exact) mass is 611 g/mol. The number of Topliss-reactive ketones (excluding diaryl/α,β-unsaturated/α-hetero) is 1. The Morgan fingerprint density at radius 1 is 1.02 bits per heavy atom. The standard InChI is InChI=1S/C32H22ClN3O6S/c1-41-23-13-8-19(9-14-23)26-15-10-21(17-34)30(35-26)43-28-16-29(38)36(31(28)39)22-11-6-20(7-12-22)32(40)42-18-27(37)24-4-2-3-5-25(24)33/h2-15,28H,16,18H2,1H3. The van der Waals surface area contributed by atoms with Crippen LogP contribution in [0.15, 0.2) is 90.0 Å². The van der Waals surface area contributed by atoms with Gasteiger partial charge >= 0.3 is 5.97 Å². The van der Waals surface area contributed by atoms with Crippen molar-refractivity contribution in [3.05, 3.63) is 107 Å². The minimum absolute atomic E-state index is 0.0865. The molecule has 0 radical (unpaired) electrons. The van der Waals surface area contributed by atoms with Crippen molar-refractivity contribution in [3.8, 4) is 23.1 Å². The Hall–Kier alpha value is -4.98. The molecule has 9 nitrogen and oxygen atoms in total. The molecule has 4 aromatic rings. The first kappa shape index (κ1) is 29.5. The Labute approximate surface area is 256 Å². The number of halogens is 1. The summed E-state index contributed by atoms with van der Waals surface area (Å²) in [6, 6.07) is 24.9. The number of ether oxygens (including phenoxy) is 2. The summed E-state index contributed by atoms with van der Waals surface area (Å²) in [7, 11) is 1.57. The predicted molar refractivity (Wildman–Crippen MR) is 160 cm³/mol. The van der Waals surface area contributed by atoms with Gasteiger partial charge in [-0.2, -0.15) is 5.26 Å². The van der Waals surface area contributed by atoms with E-state index in [2.05, 4.69) is 11.1 Å². The van der Waals surface area contributed by atoms with Crippen molar-refractivity contribution in [2.75, 3.05) is 18.6 Å². The number of nitrogens with zero attached hydrogens (tertiary/aromatic N) is 3. The van der Waals surface area contributed by atoms with Gasteiger partial charge in [0.1, 0.15) is 16.8 Å². The molecule has 43 heavy (non-hydrogen) atoms. The zero-order chi connectivity index (χ0) is 30.5. The van der Waals surface area contributed by atoms with E-state index in [1.165, 1.54) is 30.3 Å². The molecule has 2 amide bonds. The molecule has 1 aliphatic rings. The van der Waals surface area contributed by atoms with E-state index in [1.54, 1.807) is 49.6 Å². The first-order valence-electron chi connectivity index (χ1n) is 12.9. The van der Waals surface area contributed by atoms with E-state index < -0.39 is 35.4 Å². The molecule has 5 rings (SSSR count). The first-order valence-corrected chi connectivity index (χ1v) is 14.2. The van der Waals surface area contributed by atoms with E-state index in [9.17, 15) is 24.4 Å². The molecule has 1 unspecified atom stereocenters. The van der Waals surface area contributed by atoms with Crippen LogP contribution in [0.4, 0.5) is 5.69 Å². The Kier molecular flexibility index (Phi) is 8.85. The number of benzene rings is 3. The van der Waals surface area contributed by atoms with Crippen LogP contribution in [0.5, 0.6) is 5.75 Å². The van der Waals surface area contributed by atoms with Crippen LogP contribution >= 0.6 is 23.4 Å². The number of thioether (sulfide) groups is 1. The number of aromatic nitrogens is 1. The summed E-state index contributed by atoms with van der Waals surface area (Å²) >= 11 is 7.08. The van der Waals surface area contributed by atoms with Gasteiger partial charge in [0.15, 0.2) is 6.61 Å². The van der Waals surface area contributed by atoms with Crippen molar-refractivity contribution in [1.29, 1.82) is 5.26 Å². The third-order valence-corrected chi connectivity index (χ3v) is 8.11. The van der Waals surface area contributed by atoms with Crippen molar-refractivity contribution in [2.24, 2.45) is 0 Å². The van der Waals surface area contributed by atoms with Gasteiger partial charge in [0.2, 0.25) is 17.6 Å². The molecule has 1 aliphatic heterocycles. The summed E-state index contributed by atoms with van der Waals surface area (Å²) in [5.74, 6) is -1.39. The Bertz CT molecular complexity index is 1770. The lowest BCUT2D eigenvalue weighted by molar-refractivity contribution is -0.121. The number of amides is 2. The molecule has 1 fully saturated rings. The predicted octanol–water partition coefficient (Wildman–Crippen LogP) is 5.75. The number of hydrogen-bond acceptors (Lipinski definition) is 9. The van der Waals surface area contributed by atoms with Crippen LogP contribution in [0.2, 0.25) is 5.02 Å². The summed E-state index contributed by atoms with van der Waals surface area (Å²) in [6.07, 6.45) is -0.0865. The van der Waals surface area contributed by atoms with Gasteiger partial charge in [0.05, 0.1) is 39.9 Å². The smallest absolute Gasteiger partial charge is 0.338 e. The highest BCUT2D eigenvalue weighted by atomic mass is 35.5. The second-order valence-electron chi connectivity index (χ2n) is 9.29. The van der Waals surface area contributed by atoms with Gasteiger partial charge in [-0.25, -0.2) is 14.7 Å². The van der Waals surface area contributed by atoms with E-state index in [4.69, 9.17) is 21.1 Å². The highest BCUT2D eigenvalue weighted by molar-refractivity contribution is 8.00. The second kappa shape index (κ2) is 12.9. The molecule has 0 aliphatic carbocycles. The molecule has 214 valence electrons. The molecular formula is C32H22ClN3O6S. The molecule has 1 saturated heterocycles. The summed E-state index contributed by atoms with van der Waals surface area (Å²) in [5.41, 5.74) is 2.36. The summed E-state index contributed by atoms with van der Waals surface area (Å²) in [5, 5.41) is 9.44. The van der Waals surface area contributed by atoms with Crippen LogP contribution in [0.1, 0.15) is 32.7 Å². The number of nitriles is 1. The maximum absolute atomic E-state index is 13.3. The third kappa shape index (κ3) is 6.43. The fourth-order valence-corrected chi connectivity index (χ4v) is 5.70. The molecule has 1 aromatic heterocycles. The van der Waals surface area contributed by atoms with Crippen LogP contribution in [0.25, 0.3) is 11.3 Å². The first-order chi connectivity index (χ1) is 20.8. The molecule has 0 saturated carbocycles. The van der Waals surface area contributed by atoms with E-state index in [1.807, 2.05) is 12.1 Å². The molecule has 1 atom stereocenters. The van der Waals surface area contributed by atoms with Gasteiger partial charge in [0, 0.05) is 17.5 Å². The molecule has 0 N–H and O–H groups in total. The largest absolute Gasteiger partial charge is 0.497 e. The average molecular weight is 612 g/mol. The van der Waals surface area contributed by atoms with Crippen LogP contribution in [-0.2, 0) is 14.3 Å². The fourth-order valence-electron chi connectivity index (χ4n) is 4.37. The summed E-state index contributed by atoms with van der Waals surface area (Å²) < 4.78 is 10.3. The number of ketones is 1. The van der Waals surface area contributed by atoms with E-state index >= 15 is 0 Å². The number of carbonyl (C=O) groups is 4. The number of pyridine rings is 1. The summed E-state index contributed by atoms with van der Waals surface area (Å²) in [4.78, 5) is 56.7. The quantitative estimate of drug-likeness (QED) is 0.132. The van der Waals surface area contributed by atoms with Crippen LogP contribution < -0.4 is 9.64 Å². The van der Waals surface area contributed by atoms with Gasteiger partial charge in [-0.05, 0) is 72.8 Å². The van der Waals surface area contributed by atoms with Gasteiger partial charge in [-0.1, -0.05) is 35.5 Å². The third-order valence-electron chi connectivity index (χ3n) is 6.60. The van der Waals surface area contributed by atoms with Gasteiger partial charge in [0.25, 0.3) is 0 Å². The second-order valence-corrected chi connectivity index (χ2v) is 10.9. The zero-order valence-corrected chi connectivity index (χ0v) is 24.2. The van der Waals surface area contributed by atoms with Gasteiger partial charge in [-0.15, -0.1) is 0 Å². The number of hydrogen-bond donors (Lipinski definition) is 0. The topological polar surface area (TPSA) is 127 Å². The maximum Gasteiger partial charge on any atom is 0.338 e. The number of carbonyl (C=O) groups excluding carboxylic acids is 4. The highest BCUT2D eigenvalue weighted by Gasteiger charge is 2.41. The molecule has 0 spiro atoms. The highest BCUT2D eigenvalue weighted by Crippen LogP contribution is 2.36. The SMILES string of the molecule is COc1ccc(-c2ccc(C#N)c(SC3CC(=O)N(c4ccc(C(=O)OCC(=O)c5ccccc5Cl)cc4)C3=O)n2)cc1. The molecule has 3 aromatic carbocycles. The van der Waals surface area contributed by atoms with Crippen molar-refractivity contribution in [1.82, 2.24) is 4.98 Å². The van der Waals surface area contributed by atoms with Crippen molar-refractivity contribution in [2.45, 2.75) is 16.7 Å². The van der Waals surface area contributed by atoms with Crippen molar-refractivity contribution >= 4 is 52.6 Å². The van der Waals surface area contributed by atoms with Crippen molar-refractivity contribution in [3.63, 3.8) is 0 Å². The Morgan fingerprint density at radius 2 is 1.74 bits per heavy atom. The Morgan fingerprint density at radius 3 is 2.42 bits per heavy atom. The Balaban J connectivity index is 1.26. The van der Waals surface area contributed by atoms with E-state index in [-0.39, 0.29) is 33.8 Å². The number of imide groups is 1. The average Bonchev–Trinajstić information content (AvgIpc) is 3.31. The minimum atomic E-state index is -0.793. The van der Waals surface area contributed by atoms with Crippen LogP contribution in [0.3, 0.4) is 0 Å². The molecule has 0 bridgehead atoms. The molecular weight excluding hydrogens is 590 g/mol. The minimum Gasteiger partial charge on any atom is -0.497 e. The number of esters is 1. The van der Waals surface area contributed by atoms with E-state index in [0.717, 1.165) is 22.2 Å².